The second-order valence-electron chi connectivity index (χ2n) is 6.15. The lowest BCUT2D eigenvalue weighted by molar-refractivity contribution is -0.120. The van der Waals surface area contributed by atoms with Gasteiger partial charge in [-0.05, 0) is 53.3 Å². The normalized spacial score (nSPS) is 12.3. The fourth-order valence-corrected chi connectivity index (χ4v) is 3.06. The maximum Gasteiger partial charge on any atom is 0.224 e. The van der Waals surface area contributed by atoms with Gasteiger partial charge in [-0.15, -0.1) is 5.10 Å². The molecule has 8 heteroatoms. The molecule has 8 nitrogen and oxygen atoms in total. The van der Waals surface area contributed by atoms with Crippen LogP contribution in [-0.2, 0) is 11.2 Å². The number of nitrogens with zero attached hydrogens (tertiary/aromatic N) is 5. The van der Waals surface area contributed by atoms with Gasteiger partial charge in [0.15, 0.2) is 0 Å². The third-order valence-electron chi connectivity index (χ3n) is 4.53. The molecule has 3 rings (SSSR count). The molecule has 1 amide bonds. The largest absolute Gasteiger partial charge is 0.468 e. The first-order chi connectivity index (χ1) is 13.2. The van der Waals surface area contributed by atoms with Gasteiger partial charge in [0.05, 0.1) is 24.4 Å². The zero-order valence-electron chi connectivity index (χ0n) is 15.6. The van der Waals surface area contributed by atoms with Crippen molar-refractivity contribution in [3.63, 3.8) is 0 Å². The van der Waals surface area contributed by atoms with E-state index in [2.05, 4.69) is 39.6 Å². The van der Waals surface area contributed by atoms with Crippen LogP contribution in [0.25, 0.3) is 5.69 Å². The Bertz CT molecular complexity index is 811. The molecule has 0 fully saturated rings. The third-order valence-corrected chi connectivity index (χ3v) is 4.53. The van der Waals surface area contributed by atoms with E-state index in [-0.39, 0.29) is 11.9 Å². The van der Waals surface area contributed by atoms with Crippen LogP contribution in [0, 0.1) is 0 Å². The van der Waals surface area contributed by atoms with Crippen LogP contribution >= 0.6 is 0 Å². The molecule has 0 radical (unpaired) electrons. The zero-order chi connectivity index (χ0) is 19.1. The van der Waals surface area contributed by atoms with Crippen LogP contribution in [0.3, 0.4) is 0 Å². The molecule has 0 unspecified atom stereocenters. The third kappa shape index (κ3) is 4.79. The molecule has 3 aromatic rings. The van der Waals surface area contributed by atoms with Gasteiger partial charge in [-0.1, -0.05) is 26.0 Å². The number of hydrogen-bond acceptors (Lipinski definition) is 6. The number of likely N-dealkylation sites (N-methyl/N-ethyl adjacent to an activating group) is 1. The van der Waals surface area contributed by atoms with Gasteiger partial charge in [-0.3, -0.25) is 9.69 Å². The number of benzene rings is 1. The summed E-state index contributed by atoms with van der Waals surface area (Å²) in [5.74, 6) is 0.846. The van der Waals surface area contributed by atoms with Crippen LogP contribution in [0.4, 0.5) is 0 Å². The molecule has 0 aliphatic rings. The standard InChI is InChI=1S/C19H24N6O2/c1-3-24(4-2)17(18-6-5-11-27-18)13-20-19(26)12-15-7-9-16(10-8-15)25-14-21-22-23-25/h5-11,14,17H,3-4,12-13H2,1-2H3,(H,20,26)/t17-/m1/s1. The number of carbonyl (C=O) groups is 1. The molecule has 142 valence electrons. The average Bonchev–Trinajstić information content (AvgIpc) is 3.39. The van der Waals surface area contributed by atoms with Gasteiger partial charge in [0.1, 0.15) is 12.1 Å². The number of carbonyl (C=O) groups excluding carboxylic acids is 1. The fourth-order valence-electron chi connectivity index (χ4n) is 3.06. The van der Waals surface area contributed by atoms with Crippen molar-refractivity contribution in [2.75, 3.05) is 19.6 Å². The summed E-state index contributed by atoms with van der Waals surface area (Å²) in [6.07, 6.45) is 3.52. The molecular formula is C19H24N6O2. The number of tetrazole rings is 1. The van der Waals surface area contributed by atoms with E-state index in [1.807, 2.05) is 36.4 Å². The highest BCUT2D eigenvalue weighted by molar-refractivity contribution is 5.78. The smallest absolute Gasteiger partial charge is 0.224 e. The number of furan rings is 1. The lowest BCUT2D eigenvalue weighted by Gasteiger charge is -2.28. The summed E-state index contributed by atoms with van der Waals surface area (Å²) in [7, 11) is 0. The number of amides is 1. The first kappa shape index (κ1) is 18.8. The van der Waals surface area contributed by atoms with Gasteiger partial charge in [-0.25, -0.2) is 4.68 Å². The molecule has 0 aliphatic carbocycles. The molecule has 1 aromatic carbocycles. The SMILES string of the molecule is CCN(CC)[C@H](CNC(=O)Cc1ccc(-n2cnnn2)cc1)c1ccco1. The quantitative estimate of drug-likeness (QED) is 0.621. The van der Waals surface area contributed by atoms with Crippen molar-refractivity contribution in [1.29, 1.82) is 0 Å². The van der Waals surface area contributed by atoms with E-state index >= 15 is 0 Å². The Balaban J connectivity index is 1.58. The predicted octanol–water partition coefficient (Wildman–Crippen LogP) is 2.00. The van der Waals surface area contributed by atoms with Gasteiger partial charge >= 0.3 is 0 Å². The maximum absolute atomic E-state index is 12.4. The molecule has 0 spiro atoms. The molecule has 1 atom stereocenters. The number of nitrogens with one attached hydrogen (secondary N) is 1. The highest BCUT2D eigenvalue weighted by atomic mass is 16.3. The Labute approximate surface area is 158 Å². The Morgan fingerprint density at radius 1 is 1.22 bits per heavy atom. The van der Waals surface area contributed by atoms with Crippen LogP contribution in [0.15, 0.2) is 53.4 Å². The Hall–Kier alpha value is -3.00. The molecule has 2 heterocycles. The Kier molecular flexibility index (Phi) is 6.32. The Morgan fingerprint density at radius 2 is 2.00 bits per heavy atom. The topological polar surface area (TPSA) is 89.1 Å². The number of rotatable bonds is 9. The van der Waals surface area contributed by atoms with Crippen LogP contribution in [-0.4, -0.2) is 50.6 Å². The van der Waals surface area contributed by atoms with Crippen molar-refractivity contribution < 1.29 is 9.21 Å². The van der Waals surface area contributed by atoms with E-state index < -0.39 is 0 Å². The summed E-state index contributed by atoms with van der Waals surface area (Å²) < 4.78 is 7.14. The summed E-state index contributed by atoms with van der Waals surface area (Å²) in [6.45, 7) is 6.49. The van der Waals surface area contributed by atoms with E-state index in [0.717, 1.165) is 30.1 Å². The van der Waals surface area contributed by atoms with E-state index in [4.69, 9.17) is 4.42 Å². The second-order valence-corrected chi connectivity index (χ2v) is 6.15. The fraction of sp³-hybridized carbons (Fsp3) is 0.368. The lowest BCUT2D eigenvalue weighted by Crippen LogP contribution is -2.38. The van der Waals surface area contributed by atoms with Crippen molar-refractivity contribution in [2.45, 2.75) is 26.3 Å². The van der Waals surface area contributed by atoms with Gasteiger partial charge < -0.3 is 9.73 Å². The molecular weight excluding hydrogens is 344 g/mol. The second kappa shape index (κ2) is 9.09. The van der Waals surface area contributed by atoms with E-state index in [1.165, 1.54) is 6.33 Å². The van der Waals surface area contributed by atoms with E-state index in [9.17, 15) is 4.79 Å². The molecule has 2 aromatic heterocycles. The zero-order valence-corrected chi connectivity index (χ0v) is 15.6. The summed E-state index contributed by atoms with van der Waals surface area (Å²) in [5.41, 5.74) is 1.78. The maximum atomic E-state index is 12.4. The van der Waals surface area contributed by atoms with Crippen molar-refractivity contribution in [3.05, 3.63) is 60.3 Å². The van der Waals surface area contributed by atoms with Gasteiger partial charge in [-0.2, -0.15) is 0 Å². The predicted molar refractivity (Wildman–Crippen MR) is 100 cm³/mol. The van der Waals surface area contributed by atoms with Crippen LogP contribution < -0.4 is 5.32 Å². The summed E-state index contributed by atoms with van der Waals surface area (Å²) in [4.78, 5) is 14.7. The van der Waals surface area contributed by atoms with Crippen molar-refractivity contribution in [1.82, 2.24) is 30.4 Å². The summed E-state index contributed by atoms with van der Waals surface area (Å²) in [5, 5.41) is 14.1. The Morgan fingerprint density at radius 3 is 2.59 bits per heavy atom. The van der Waals surface area contributed by atoms with Crippen molar-refractivity contribution in [3.8, 4) is 5.69 Å². The highest BCUT2D eigenvalue weighted by Crippen LogP contribution is 2.20. The van der Waals surface area contributed by atoms with Crippen LogP contribution in [0.5, 0.6) is 0 Å². The highest BCUT2D eigenvalue weighted by Gasteiger charge is 2.21. The molecule has 0 bridgehead atoms. The van der Waals surface area contributed by atoms with E-state index in [1.54, 1.807) is 10.9 Å². The monoisotopic (exact) mass is 368 g/mol. The van der Waals surface area contributed by atoms with Gasteiger partial charge in [0.2, 0.25) is 5.91 Å². The molecule has 27 heavy (non-hydrogen) atoms. The van der Waals surface area contributed by atoms with Crippen LogP contribution in [0.1, 0.15) is 31.2 Å². The van der Waals surface area contributed by atoms with Crippen molar-refractivity contribution in [2.24, 2.45) is 0 Å². The molecule has 0 aliphatic heterocycles. The summed E-state index contributed by atoms with van der Waals surface area (Å²) in [6, 6.07) is 11.4. The van der Waals surface area contributed by atoms with Gasteiger partial charge in [0.25, 0.3) is 0 Å². The minimum atomic E-state index is -0.0196. The lowest BCUT2D eigenvalue weighted by atomic mass is 10.1. The number of hydrogen-bond donors (Lipinski definition) is 1. The first-order valence-corrected chi connectivity index (χ1v) is 9.07. The van der Waals surface area contributed by atoms with Crippen LogP contribution in [0.2, 0.25) is 0 Å². The molecule has 0 saturated carbocycles. The first-order valence-electron chi connectivity index (χ1n) is 9.07. The minimum Gasteiger partial charge on any atom is -0.468 e. The van der Waals surface area contributed by atoms with Crippen molar-refractivity contribution >= 4 is 5.91 Å². The average molecular weight is 368 g/mol. The molecule has 0 saturated heterocycles. The number of aromatic nitrogens is 4. The van der Waals surface area contributed by atoms with Gasteiger partial charge in [0, 0.05) is 6.54 Å². The van der Waals surface area contributed by atoms with E-state index in [0.29, 0.717) is 13.0 Å². The molecule has 1 N–H and O–H groups in total. The minimum absolute atomic E-state index is 0.0196. The summed E-state index contributed by atoms with van der Waals surface area (Å²) >= 11 is 0.